The number of ether oxygens (including phenoxy) is 2. The van der Waals surface area contributed by atoms with Crippen LogP contribution in [-0.4, -0.2) is 18.2 Å². The third kappa shape index (κ3) is 8.04. The molecular formula is C33H38O4. The first-order valence-corrected chi connectivity index (χ1v) is 13.6. The van der Waals surface area contributed by atoms with Gasteiger partial charge >= 0.3 is 0 Å². The van der Waals surface area contributed by atoms with Crippen molar-refractivity contribution in [3.05, 3.63) is 95.6 Å². The van der Waals surface area contributed by atoms with Gasteiger partial charge in [-0.15, -0.1) is 0 Å². The second-order valence-electron chi connectivity index (χ2n) is 10.2. The molecule has 4 heteroatoms. The molecule has 37 heavy (non-hydrogen) atoms. The van der Waals surface area contributed by atoms with E-state index in [1.165, 1.54) is 5.56 Å². The minimum absolute atomic E-state index is 0.0247. The van der Waals surface area contributed by atoms with Crippen LogP contribution in [-0.2, 0) is 22.6 Å². The molecule has 0 aromatic heterocycles. The quantitative estimate of drug-likeness (QED) is 0.192. The number of hydrogen-bond donors (Lipinski definition) is 0. The molecule has 0 amide bonds. The van der Waals surface area contributed by atoms with E-state index in [0.717, 1.165) is 61.0 Å². The third-order valence-electron chi connectivity index (χ3n) is 7.32. The highest BCUT2D eigenvalue weighted by molar-refractivity contribution is 5.80. The van der Waals surface area contributed by atoms with E-state index in [9.17, 15) is 9.59 Å². The Kier molecular flexibility index (Phi) is 9.93. The summed E-state index contributed by atoms with van der Waals surface area (Å²) in [4.78, 5) is 24.0. The van der Waals surface area contributed by atoms with Crippen molar-refractivity contribution < 1.29 is 19.1 Å². The van der Waals surface area contributed by atoms with Crippen LogP contribution in [0.15, 0.2) is 78.9 Å². The normalized spacial score (nSPS) is 18.6. The van der Waals surface area contributed by atoms with E-state index in [2.05, 4.69) is 31.2 Å². The molecule has 0 saturated heterocycles. The Balaban J connectivity index is 1.50. The zero-order valence-electron chi connectivity index (χ0n) is 21.8. The number of carbonyl (C=O) groups excluding carboxylic acids is 2. The molecule has 1 saturated carbocycles. The molecule has 0 N–H and O–H groups in total. The Labute approximate surface area is 221 Å². The average Bonchev–Trinajstić information content (AvgIpc) is 3.10. The first kappa shape index (κ1) is 26.7. The molecule has 1 fully saturated rings. The van der Waals surface area contributed by atoms with Gasteiger partial charge in [0.15, 0.2) is 0 Å². The zero-order chi connectivity index (χ0) is 25.9. The highest BCUT2D eigenvalue weighted by atomic mass is 16.5. The predicted octanol–water partition coefficient (Wildman–Crippen LogP) is 7.49. The molecule has 0 aliphatic heterocycles. The maximum atomic E-state index is 12.6. The monoisotopic (exact) mass is 498 g/mol. The summed E-state index contributed by atoms with van der Waals surface area (Å²) in [5.41, 5.74) is 3.43. The highest BCUT2D eigenvalue weighted by Crippen LogP contribution is 2.42. The van der Waals surface area contributed by atoms with Crippen LogP contribution in [0.4, 0.5) is 0 Å². The van der Waals surface area contributed by atoms with Gasteiger partial charge in [0, 0.05) is 25.3 Å². The molecular weight excluding hydrogens is 460 g/mol. The summed E-state index contributed by atoms with van der Waals surface area (Å²) in [6.07, 6.45) is 7.34. The number of rotatable bonds is 12. The zero-order valence-corrected chi connectivity index (χ0v) is 21.8. The maximum absolute atomic E-state index is 12.6. The van der Waals surface area contributed by atoms with Gasteiger partial charge in [-0.25, -0.2) is 0 Å². The van der Waals surface area contributed by atoms with Crippen LogP contribution in [0.3, 0.4) is 0 Å². The molecule has 194 valence electrons. The summed E-state index contributed by atoms with van der Waals surface area (Å²) in [6.45, 7) is 2.54. The fraction of sp³-hybridized carbons (Fsp3) is 0.394. The van der Waals surface area contributed by atoms with Gasteiger partial charge in [0.2, 0.25) is 0 Å². The van der Waals surface area contributed by atoms with E-state index in [-0.39, 0.29) is 23.7 Å². The van der Waals surface area contributed by atoms with Crippen molar-refractivity contribution in [2.45, 2.75) is 76.9 Å². The molecule has 0 spiro atoms. The number of carbonyl (C=O) groups is 2. The molecule has 0 radical (unpaired) electrons. The molecule has 3 aromatic rings. The lowest BCUT2D eigenvalue weighted by molar-refractivity contribution is -0.119. The molecule has 4 nitrogen and oxygen atoms in total. The fourth-order valence-electron chi connectivity index (χ4n) is 5.33. The number of ketones is 1. The maximum Gasteiger partial charge on any atom is 0.133 e. The van der Waals surface area contributed by atoms with Gasteiger partial charge in [-0.1, -0.05) is 66.7 Å². The second kappa shape index (κ2) is 13.8. The van der Waals surface area contributed by atoms with Crippen molar-refractivity contribution in [3.63, 3.8) is 0 Å². The smallest absolute Gasteiger partial charge is 0.133 e. The minimum Gasteiger partial charge on any atom is -0.491 e. The Hall–Kier alpha value is -3.40. The Morgan fingerprint density at radius 3 is 2.43 bits per heavy atom. The number of benzene rings is 3. The lowest BCUT2D eigenvalue weighted by atomic mass is 9.80. The number of aldehydes is 1. The largest absolute Gasteiger partial charge is 0.491 e. The molecule has 0 bridgehead atoms. The summed E-state index contributed by atoms with van der Waals surface area (Å²) in [5, 5.41) is 0. The number of hydrogen-bond acceptors (Lipinski definition) is 4. The molecule has 1 aliphatic rings. The first-order valence-electron chi connectivity index (χ1n) is 13.6. The highest BCUT2D eigenvalue weighted by Gasteiger charge is 2.30. The first-order chi connectivity index (χ1) is 18.1. The van der Waals surface area contributed by atoms with Crippen molar-refractivity contribution in [1.82, 2.24) is 0 Å². The standard InChI is InChI=1S/C33H38O4/c1-25(10-8-15-26-11-4-2-5-12-26)37-30-18-19-31(32-22-29(35)17-9-16-28(32)20-21-34)33(23-30)36-24-27-13-6-3-7-14-27/h2-7,11-14,18-19,21,23,25,28,32H,8-10,15-17,20,22,24H2,1H3/t25?,28-,32-/m0/s1. The van der Waals surface area contributed by atoms with E-state index in [1.807, 2.05) is 54.6 Å². The summed E-state index contributed by atoms with van der Waals surface area (Å²) < 4.78 is 12.7. The van der Waals surface area contributed by atoms with Gasteiger partial charge in [-0.3, -0.25) is 4.79 Å². The summed E-state index contributed by atoms with van der Waals surface area (Å²) >= 11 is 0. The van der Waals surface area contributed by atoms with E-state index in [4.69, 9.17) is 9.47 Å². The molecule has 3 aromatic carbocycles. The fourth-order valence-corrected chi connectivity index (χ4v) is 5.33. The van der Waals surface area contributed by atoms with Crippen molar-refractivity contribution in [3.8, 4) is 11.5 Å². The Morgan fingerprint density at radius 2 is 1.70 bits per heavy atom. The molecule has 3 atom stereocenters. The molecule has 1 unspecified atom stereocenters. The van der Waals surface area contributed by atoms with Crippen LogP contribution in [0.5, 0.6) is 11.5 Å². The summed E-state index contributed by atoms with van der Waals surface area (Å²) in [6, 6.07) is 26.6. The van der Waals surface area contributed by atoms with E-state index in [1.54, 1.807) is 0 Å². The predicted molar refractivity (Wildman–Crippen MR) is 147 cm³/mol. The van der Waals surface area contributed by atoms with E-state index >= 15 is 0 Å². The second-order valence-corrected chi connectivity index (χ2v) is 10.2. The SMILES string of the molecule is CC(CCCc1ccccc1)Oc1ccc([C@H]2CC(=O)CCC[C@H]2CC=O)c(OCc2ccccc2)c1. The van der Waals surface area contributed by atoms with Crippen molar-refractivity contribution in [2.24, 2.45) is 5.92 Å². The van der Waals surface area contributed by atoms with Gasteiger partial charge < -0.3 is 14.3 Å². The van der Waals surface area contributed by atoms with E-state index in [0.29, 0.717) is 25.9 Å². The van der Waals surface area contributed by atoms with Gasteiger partial charge in [-0.05, 0) is 73.6 Å². The van der Waals surface area contributed by atoms with Crippen molar-refractivity contribution in [1.29, 1.82) is 0 Å². The molecule has 0 heterocycles. The van der Waals surface area contributed by atoms with Crippen LogP contribution in [0, 0.1) is 5.92 Å². The lowest BCUT2D eigenvalue weighted by Crippen LogP contribution is -2.16. The van der Waals surface area contributed by atoms with Crippen LogP contribution >= 0.6 is 0 Å². The van der Waals surface area contributed by atoms with Crippen molar-refractivity contribution in [2.75, 3.05) is 0 Å². The van der Waals surface area contributed by atoms with Gasteiger partial charge in [0.25, 0.3) is 0 Å². The minimum atomic E-state index is -0.0247. The van der Waals surface area contributed by atoms with Gasteiger partial charge in [0.05, 0.1) is 6.10 Å². The van der Waals surface area contributed by atoms with Crippen LogP contribution in [0.2, 0.25) is 0 Å². The van der Waals surface area contributed by atoms with Crippen molar-refractivity contribution >= 4 is 12.1 Å². The number of aryl methyl sites for hydroxylation is 1. The third-order valence-corrected chi connectivity index (χ3v) is 7.32. The molecule has 4 rings (SSSR count). The Bertz CT molecular complexity index is 1130. The summed E-state index contributed by atoms with van der Waals surface area (Å²) in [7, 11) is 0. The topological polar surface area (TPSA) is 52.6 Å². The Morgan fingerprint density at radius 1 is 0.973 bits per heavy atom. The van der Waals surface area contributed by atoms with E-state index < -0.39 is 0 Å². The molecule has 1 aliphatic carbocycles. The summed E-state index contributed by atoms with van der Waals surface area (Å²) in [5.74, 6) is 1.90. The van der Waals surface area contributed by atoms with Gasteiger partial charge in [-0.2, -0.15) is 0 Å². The van der Waals surface area contributed by atoms with Crippen LogP contribution in [0.25, 0.3) is 0 Å². The lowest BCUT2D eigenvalue weighted by Gasteiger charge is -2.26. The van der Waals surface area contributed by atoms with Crippen LogP contribution in [0.1, 0.15) is 74.5 Å². The average molecular weight is 499 g/mol. The number of Topliss-reactive ketones (excluding diaryl/α,β-unsaturated/α-hetero) is 1. The van der Waals surface area contributed by atoms with Gasteiger partial charge in [0.1, 0.15) is 30.2 Å². The van der Waals surface area contributed by atoms with Crippen LogP contribution < -0.4 is 9.47 Å².